The molecule has 1 heterocycles. The highest BCUT2D eigenvalue weighted by Gasteiger charge is 2.35. The number of hydrogen-bond donors (Lipinski definition) is 1. The highest BCUT2D eigenvalue weighted by atomic mass is 32.2. The van der Waals surface area contributed by atoms with Crippen LogP contribution >= 0.6 is 11.8 Å². The lowest BCUT2D eigenvalue weighted by atomic mass is 10.2. The minimum absolute atomic E-state index is 0.190. The molecule has 5 nitrogen and oxygen atoms in total. The first-order valence-electron chi connectivity index (χ1n) is 4.23. The van der Waals surface area contributed by atoms with E-state index in [9.17, 15) is 14.4 Å². The fourth-order valence-corrected chi connectivity index (χ4v) is 2.05. The van der Waals surface area contributed by atoms with Crippen LogP contribution in [0.3, 0.4) is 0 Å². The van der Waals surface area contributed by atoms with Crippen molar-refractivity contribution in [2.75, 3.05) is 11.5 Å². The molecule has 1 atom stereocenters. The van der Waals surface area contributed by atoms with Crippen molar-refractivity contribution in [3.05, 3.63) is 0 Å². The first-order chi connectivity index (χ1) is 6.57. The monoisotopic (exact) mass is 217 g/mol. The summed E-state index contributed by atoms with van der Waals surface area (Å²) in [5.74, 6) is -1.55. The molecule has 0 aromatic heterocycles. The van der Waals surface area contributed by atoms with Gasteiger partial charge in [-0.15, -0.1) is 11.8 Å². The molecule has 1 unspecified atom stereocenters. The van der Waals surface area contributed by atoms with Crippen LogP contribution in [-0.2, 0) is 14.4 Å². The molecule has 1 aliphatic rings. The Morgan fingerprint density at radius 3 is 2.36 bits per heavy atom. The lowest BCUT2D eigenvalue weighted by Crippen LogP contribution is -2.52. The molecule has 0 saturated carbocycles. The number of carbonyl (C=O) groups is 3. The summed E-state index contributed by atoms with van der Waals surface area (Å²) in [6.45, 7) is 1.64. The van der Waals surface area contributed by atoms with Crippen molar-refractivity contribution in [2.24, 2.45) is 0 Å². The average Bonchev–Trinajstić information content (AvgIpc) is 2.10. The Bertz CT molecular complexity index is 263. The van der Waals surface area contributed by atoms with Crippen molar-refractivity contribution >= 4 is 29.5 Å². The number of rotatable bonds is 3. The SMILES string of the molecule is CCC(C(=O)O)N1C(=O)CSCC1=O. The molecule has 0 aromatic rings. The van der Waals surface area contributed by atoms with Crippen LogP contribution in [0.1, 0.15) is 13.3 Å². The Morgan fingerprint density at radius 2 is 2.00 bits per heavy atom. The fourth-order valence-electron chi connectivity index (χ4n) is 1.32. The van der Waals surface area contributed by atoms with E-state index in [0.29, 0.717) is 0 Å². The Morgan fingerprint density at radius 1 is 1.50 bits per heavy atom. The molecule has 0 radical (unpaired) electrons. The molecule has 78 valence electrons. The van der Waals surface area contributed by atoms with Crippen LogP contribution < -0.4 is 0 Å². The number of carboxylic acids is 1. The Balaban J connectivity index is 2.85. The minimum atomic E-state index is -1.12. The molecule has 1 N–H and O–H groups in total. The number of amides is 2. The molecule has 1 rings (SSSR count). The lowest BCUT2D eigenvalue weighted by Gasteiger charge is -2.29. The summed E-state index contributed by atoms with van der Waals surface area (Å²) in [5, 5.41) is 8.81. The van der Waals surface area contributed by atoms with Gasteiger partial charge in [-0.05, 0) is 6.42 Å². The summed E-state index contributed by atoms with van der Waals surface area (Å²) in [6.07, 6.45) is 0.247. The van der Waals surface area contributed by atoms with Crippen molar-refractivity contribution < 1.29 is 19.5 Å². The third-order valence-electron chi connectivity index (χ3n) is 1.97. The standard InChI is InChI=1S/C8H11NO4S/c1-2-5(8(12)13)9-6(10)3-14-4-7(9)11/h5H,2-4H2,1H3,(H,12,13). The van der Waals surface area contributed by atoms with Crippen LogP contribution in [0, 0.1) is 0 Å². The summed E-state index contributed by atoms with van der Waals surface area (Å²) in [5.41, 5.74) is 0. The Labute approximate surface area is 85.4 Å². The van der Waals surface area contributed by atoms with Gasteiger partial charge < -0.3 is 5.11 Å². The van der Waals surface area contributed by atoms with Crippen LogP contribution in [0.4, 0.5) is 0 Å². The van der Waals surface area contributed by atoms with Crippen LogP contribution in [0.5, 0.6) is 0 Å². The maximum absolute atomic E-state index is 11.3. The van der Waals surface area contributed by atoms with Gasteiger partial charge in [-0.1, -0.05) is 6.92 Å². The third-order valence-corrected chi connectivity index (χ3v) is 2.87. The Kier molecular flexibility index (Phi) is 3.51. The third kappa shape index (κ3) is 2.06. The number of carboxylic acid groups (broad SMARTS) is 1. The zero-order valence-electron chi connectivity index (χ0n) is 7.73. The molecule has 0 bridgehead atoms. The molecular formula is C8H11NO4S. The van der Waals surface area contributed by atoms with E-state index in [4.69, 9.17) is 5.11 Å². The molecule has 2 amide bonds. The van der Waals surface area contributed by atoms with Crippen molar-refractivity contribution in [2.45, 2.75) is 19.4 Å². The topological polar surface area (TPSA) is 74.7 Å². The van der Waals surface area contributed by atoms with E-state index in [2.05, 4.69) is 0 Å². The largest absolute Gasteiger partial charge is 0.480 e. The van der Waals surface area contributed by atoms with Gasteiger partial charge in [-0.3, -0.25) is 14.5 Å². The smallest absolute Gasteiger partial charge is 0.326 e. The van der Waals surface area contributed by atoms with Gasteiger partial charge in [-0.25, -0.2) is 4.79 Å². The molecule has 6 heteroatoms. The summed E-state index contributed by atoms with van der Waals surface area (Å²) >= 11 is 1.22. The average molecular weight is 217 g/mol. The molecule has 1 aliphatic heterocycles. The first kappa shape index (κ1) is 11.0. The van der Waals surface area contributed by atoms with Gasteiger partial charge >= 0.3 is 5.97 Å². The van der Waals surface area contributed by atoms with Crippen LogP contribution in [0.2, 0.25) is 0 Å². The van der Waals surface area contributed by atoms with Gasteiger partial charge in [0.05, 0.1) is 11.5 Å². The zero-order valence-corrected chi connectivity index (χ0v) is 8.54. The molecule has 0 aliphatic carbocycles. The van der Waals surface area contributed by atoms with Gasteiger partial charge in [0.1, 0.15) is 6.04 Å². The van der Waals surface area contributed by atoms with Gasteiger partial charge in [0.15, 0.2) is 0 Å². The number of thioether (sulfide) groups is 1. The van der Waals surface area contributed by atoms with E-state index in [0.717, 1.165) is 4.90 Å². The second kappa shape index (κ2) is 4.45. The molecule has 0 spiro atoms. The van der Waals surface area contributed by atoms with Gasteiger partial charge in [-0.2, -0.15) is 0 Å². The van der Waals surface area contributed by atoms with E-state index in [1.54, 1.807) is 6.92 Å². The zero-order chi connectivity index (χ0) is 10.7. The molecule has 1 fully saturated rings. The highest BCUT2D eigenvalue weighted by molar-refractivity contribution is 8.00. The fraction of sp³-hybridized carbons (Fsp3) is 0.625. The number of carbonyl (C=O) groups excluding carboxylic acids is 2. The number of nitrogens with zero attached hydrogens (tertiary/aromatic N) is 1. The van der Waals surface area contributed by atoms with Crippen molar-refractivity contribution in [3.8, 4) is 0 Å². The number of aliphatic carboxylic acids is 1. The maximum Gasteiger partial charge on any atom is 0.326 e. The van der Waals surface area contributed by atoms with Gasteiger partial charge in [0.2, 0.25) is 11.8 Å². The quantitative estimate of drug-likeness (QED) is 0.671. The summed E-state index contributed by atoms with van der Waals surface area (Å²) in [7, 11) is 0. The van der Waals surface area contributed by atoms with Crippen molar-refractivity contribution in [1.29, 1.82) is 0 Å². The minimum Gasteiger partial charge on any atom is -0.480 e. The second-order valence-corrected chi connectivity index (χ2v) is 3.90. The van der Waals surface area contributed by atoms with E-state index in [1.165, 1.54) is 11.8 Å². The maximum atomic E-state index is 11.3. The summed E-state index contributed by atoms with van der Waals surface area (Å²) < 4.78 is 0. The van der Waals surface area contributed by atoms with E-state index in [1.807, 2.05) is 0 Å². The van der Waals surface area contributed by atoms with E-state index in [-0.39, 0.29) is 17.9 Å². The van der Waals surface area contributed by atoms with Gasteiger partial charge in [0.25, 0.3) is 0 Å². The van der Waals surface area contributed by atoms with E-state index >= 15 is 0 Å². The summed E-state index contributed by atoms with van der Waals surface area (Å²) in [4.78, 5) is 34.3. The van der Waals surface area contributed by atoms with Crippen LogP contribution in [0.25, 0.3) is 0 Å². The van der Waals surface area contributed by atoms with Crippen LogP contribution in [0.15, 0.2) is 0 Å². The second-order valence-electron chi connectivity index (χ2n) is 2.91. The van der Waals surface area contributed by atoms with Gasteiger partial charge in [0, 0.05) is 0 Å². The molecule has 0 aromatic carbocycles. The predicted molar refractivity (Wildman–Crippen MR) is 50.9 cm³/mol. The van der Waals surface area contributed by atoms with Crippen LogP contribution in [-0.4, -0.2) is 45.3 Å². The lowest BCUT2D eigenvalue weighted by molar-refractivity contribution is -0.156. The highest BCUT2D eigenvalue weighted by Crippen LogP contribution is 2.16. The van der Waals surface area contributed by atoms with E-state index < -0.39 is 23.8 Å². The number of imide groups is 1. The normalized spacial score (nSPS) is 19.6. The molecule has 1 saturated heterocycles. The molecule has 14 heavy (non-hydrogen) atoms. The first-order valence-corrected chi connectivity index (χ1v) is 5.38. The predicted octanol–water partition coefficient (Wildman–Crippen LogP) is -0.0484. The molecular weight excluding hydrogens is 206 g/mol. The van der Waals surface area contributed by atoms with Crippen molar-refractivity contribution in [3.63, 3.8) is 0 Å². The van der Waals surface area contributed by atoms with Crippen molar-refractivity contribution in [1.82, 2.24) is 4.90 Å². The number of hydrogen-bond acceptors (Lipinski definition) is 4. The Hall–Kier alpha value is -1.04. The summed E-state index contributed by atoms with van der Waals surface area (Å²) in [6, 6.07) is -1.00.